The Bertz CT molecular complexity index is 4040. The molecule has 6 rings (SSSR count). The van der Waals surface area contributed by atoms with Crippen molar-refractivity contribution in [2.75, 3.05) is 64.9 Å². The fraction of sp³-hybridized carbons (Fsp3) is 0.480. The minimum absolute atomic E-state index is 0.0205. The van der Waals surface area contributed by atoms with Crippen molar-refractivity contribution in [3.63, 3.8) is 0 Å². The largest absolute Gasteiger partial charge is 0.391 e. The van der Waals surface area contributed by atoms with Gasteiger partial charge in [0.2, 0.25) is 65.5 Å². The van der Waals surface area contributed by atoms with Gasteiger partial charge in [0, 0.05) is 66.9 Å². The Morgan fingerprint density at radius 1 is 0.688 bits per heavy atom. The number of amides is 13. The molecule has 3 heterocycles. The summed E-state index contributed by atoms with van der Waals surface area (Å²) in [7, 11) is 1.52. The van der Waals surface area contributed by atoms with Crippen molar-refractivity contribution in [1.82, 2.24) is 83.5 Å². The second-order valence-corrected chi connectivity index (χ2v) is 29.2. The van der Waals surface area contributed by atoms with Crippen LogP contribution in [0.25, 0.3) is 23.1 Å². The molecule has 0 aliphatic carbocycles. The van der Waals surface area contributed by atoms with Crippen LogP contribution in [0, 0.1) is 5.92 Å². The van der Waals surface area contributed by atoms with Crippen LogP contribution in [-0.2, 0) is 59.2 Å². The van der Waals surface area contributed by atoms with E-state index in [1.165, 1.54) is 54.0 Å². The first-order valence-electron chi connectivity index (χ1n) is 37.0. The smallest absolute Gasteiger partial charge is 0.345 e. The lowest BCUT2D eigenvalue weighted by Gasteiger charge is -2.29. The second kappa shape index (κ2) is 46.4. The number of carbonyl (C=O) groups is 13. The summed E-state index contributed by atoms with van der Waals surface area (Å²) in [6.45, 7) is 4.10. The zero-order valence-corrected chi connectivity index (χ0v) is 65.2. The van der Waals surface area contributed by atoms with Crippen molar-refractivity contribution in [3.8, 4) is 0 Å². The van der Waals surface area contributed by atoms with Gasteiger partial charge in [-0.2, -0.15) is 21.5 Å². The predicted molar refractivity (Wildman–Crippen MR) is 422 cm³/mol. The molecule has 3 aromatic carbocycles. The van der Waals surface area contributed by atoms with Gasteiger partial charge in [-0.3, -0.25) is 62.5 Å². The van der Waals surface area contributed by atoms with E-state index in [-0.39, 0.29) is 89.6 Å². The van der Waals surface area contributed by atoms with Crippen LogP contribution in [0.4, 0.5) is 4.79 Å². The zero-order valence-electron chi connectivity index (χ0n) is 63.6. The molecule has 1 aliphatic heterocycles. The van der Waals surface area contributed by atoms with Gasteiger partial charge in [-0.25, -0.2) is 4.79 Å². The zero-order chi connectivity index (χ0) is 82.0. The second-order valence-electron chi connectivity index (χ2n) is 27.1. The Labute approximate surface area is 658 Å². The van der Waals surface area contributed by atoms with Gasteiger partial charge in [0.25, 0.3) is 5.91 Å². The maximum atomic E-state index is 15.3. The number of rotatable bonds is 34. The van der Waals surface area contributed by atoms with Gasteiger partial charge in [0.05, 0.1) is 34.7 Å². The number of aromatic nitrogens is 3. The SMILES string of the molecule is CNC(=O)c1ccccc1Sc1ccc2c(/C=C/c3ccccn3)nn(C(=O)N(CCC(=O)N[C@H](C(=O)N[C@@H](CCN)C(=O)N[C@H]3CCNC(=O)[C@H]([C@@H](C)O)NC(=O)[C@H](CCN)NC(=O)[C@H](CCN)NC(=O)[C@H](CC(C)C)NC(=O)[C@@H](Cc4ccccc4)NC(=O)[C@H](CCN)NC3=O)[C@@H](C)O)C[C@H](CCSC)NC=O)c2c1. The minimum atomic E-state index is -1.80. The van der Waals surface area contributed by atoms with Gasteiger partial charge in [-0.1, -0.05) is 74.1 Å². The quantitative estimate of drug-likeness (QED) is 0.0198. The van der Waals surface area contributed by atoms with E-state index >= 15 is 4.79 Å². The summed E-state index contributed by atoms with van der Waals surface area (Å²) in [5.41, 5.74) is 26.1. The number of benzene rings is 3. The highest BCUT2D eigenvalue weighted by molar-refractivity contribution is 7.99. The van der Waals surface area contributed by atoms with Gasteiger partial charge >= 0.3 is 6.03 Å². The molecule has 37 heteroatoms. The first kappa shape index (κ1) is 90.5. The lowest BCUT2D eigenvalue weighted by Crippen LogP contribution is -2.61. The van der Waals surface area contributed by atoms with E-state index in [4.69, 9.17) is 28.0 Å². The highest BCUT2D eigenvalue weighted by Crippen LogP contribution is 2.34. The van der Waals surface area contributed by atoms with E-state index < -0.39 is 157 Å². The molecular weight excluding hydrogens is 1490 g/mol. The molecule has 1 aliphatic rings. The lowest BCUT2D eigenvalue weighted by molar-refractivity contribution is -0.136. The molecule has 1 saturated heterocycles. The maximum absolute atomic E-state index is 15.3. The van der Waals surface area contributed by atoms with Gasteiger partial charge in [0.1, 0.15) is 54.4 Å². The molecule has 22 N–H and O–H groups in total. The number of hydrogen-bond donors (Lipinski definition) is 18. The summed E-state index contributed by atoms with van der Waals surface area (Å²) in [5.74, 6) is -9.63. The Morgan fingerprint density at radius 3 is 1.89 bits per heavy atom. The highest BCUT2D eigenvalue weighted by atomic mass is 32.2. The molecule has 35 nitrogen and oxygen atoms in total. The van der Waals surface area contributed by atoms with Gasteiger partial charge in [-0.05, 0) is 163 Å². The van der Waals surface area contributed by atoms with Crippen molar-refractivity contribution in [3.05, 3.63) is 120 Å². The molecule has 112 heavy (non-hydrogen) atoms. The van der Waals surface area contributed by atoms with Crippen LogP contribution in [-0.4, -0.2) is 245 Å². The summed E-state index contributed by atoms with van der Waals surface area (Å²) in [6.07, 6.45) is 2.39. The summed E-state index contributed by atoms with van der Waals surface area (Å²) in [5, 5.41) is 58.5. The Kier molecular flexibility index (Phi) is 37.5. The first-order valence-corrected chi connectivity index (χ1v) is 39.2. The van der Waals surface area contributed by atoms with Crippen LogP contribution >= 0.6 is 23.5 Å². The third kappa shape index (κ3) is 27.8. The number of nitrogens with zero attached hydrogens (tertiary/aromatic N) is 4. The predicted octanol–water partition coefficient (Wildman–Crippen LogP) is -2.03. The number of pyridine rings is 1. The summed E-state index contributed by atoms with van der Waals surface area (Å²) in [4.78, 5) is 191. The van der Waals surface area contributed by atoms with Gasteiger partial charge < -0.3 is 102 Å². The number of aliphatic hydroxyl groups is 2. The van der Waals surface area contributed by atoms with Gasteiger partial charge in [0.15, 0.2) is 0 Å². The molecule has 1 fully saturated rings. The van der Waals surface area contributed by atoms with Crippen LogP contribution in [0.1, 0.15) is 106 Å². The average Bonchev–Trinajstić information content (AvgIpc) is 1.62. The van der Waals surface area contributed by atoms with Crippen LogP contribution < -0.4 is 86.7 Å². The molecule has 608 valence electrons. The third-order valence-electron chi connectivity index (χ3n) is 18.0. The first-order chi connectivity index (χ1) is 53.7. The fourth-order valence-corrected chi connectivity index (χ4v) is 13.5. The molecular formula is C75H106N20O15S2. The van der Waals surface area contributed by atoms with Crippen molar-refractivity contribution < 1.29 is 72.5 Å². The van der Waals surface area contributed by atoms with Gasteiger partial charge in [-0.15, -0.1) is 0 Å². The number of nitrogens with two attached hydrogens (primary N) is 4. The van der Waals surface area contributed by atoms with Crippen molar-refractivity contribution >= 4 is 124 Å². The van der Waals surface area contributed by atoms with E-state index in [9.17, 15) is 67.7 Å². The van der Waals surface area contributed by atoms with Crippen molar-refractivity contribution in [2.24, 2.45) is 28.9 Å². The number of fused-ring (bicyclic) bond motifs is 1. The standard InChI is InChI=1S/C75H106N20O15S2/c1-43(2)38-58-71(106)86-53(23-30-76)66(101)85-56(26-33-79)70(105)92-63(44(3)97)73(108)82-35-27-57(69(104)84-54(24-31-77)68(103)90-59(72(107)89-58)39-46-14-8-7-9-15-46)87-67(102)55(25-32-78)88-74(109)64(45(4)98)91-62(99)28-36-94(41-48(83-42-96)29-37-111-6)75(110)95-60-40-49(112-61-18-11-10-17-51(61)65(100)80-5)20-21-50(60)52(93-95)22-19-47-16-12-13-34-81-47/h7-22,34,40,42-45,48,53-59,63-64,97-98H,23-33,35-39,41,76-79H2,1-6H3,(H,80,100)(H,82,108)(H,83,96)(H,84,104)(H,85,101)(H,86,106)(H,87,102)(H,88,109)(H,89,107)(H,90,103)(H,91,99)(H,92,105)/b22-19+/t44-,45-,48+,53+,54+,55+,56+,57+,58+,59-,63+,64+/m1/s1. The molecule has 0 radical (unpaired) electrons. The van der Waals surface area contributed by atoms with Crippen molar-refractivity contribution in [1.29, 1.82) is 0 Å². The van der Waals surface area contributed by atoms with Crippen LogP contribution in [0.5, 0.6) is 0 Å². The van der Waals surface area contributed by atoms with E-state index in [0.717, 1.165) is 0 Å². The summed E-state index contributed by atoms with van der Waals surface area (Å²) in [6, 6.07) is 10.7. The Balaban J connectivity index is 1.31. The number of hydrogen-bond acceptors (Lipinski definition) is 23. The molecule has 5 aromatic rings. The van der Waals surface area contributed by atoms with Crippen LogP contribution in [0.15, 0.2) is 107 Å². The molecule has 0 unspecified atom stereocenters. The minimum Gasteiger partial charge on any atom is -0.391 e. The number of nitrogens with one attached hydrogen (secondary N) is 12. The molecule has 12 atom stereocenters. The van der Waals surface area contributed by atoms with Crippen LogP contribution in [0.2, 0.25) is 0 Å². The normalized spacial score (nSPS) is 19.9. The van der Waals surface area contributed by atoms with E-state index in [2.05, 4.69) is 68.8 Å². The van der Waals surface area contributed by atoms with Crippen molar-refractivity contribution in [2.45, 2.75) is 168 Å². The van der Waals surface area contributed by atoms with E-state index in [1.54, 1.807) is 117 Å². The Hall–Kier alpha value is -10.4. The number of thioether (sulfide) groups is 1. The molecule has 0 spiro atoms. The summed E-state index contributed by atoms with van der Waals surface area (Å²) >= 11 is 2.77. The topological polar surface area (TPSA) is 545 Å². The molecule has 0 bridgehead atoms. The molecule has 2 aromatic heterocycles. The van der Waals surface area contributed by atoms with Crippen LogP contribution in [0.3, 0.4) is 0 Å². The number of aliphatic hydroxyl groups excluding tert-OH is 2. The fourth-order valence-electron chi connectivity index (χ4n) is 12.0. The van der Waals surface area contributed by atoms with E-state index in [0.29, 0.717) is 61.8 Å². The highest BCUT2D eigenvalue weighted by Gasteiger charge is 2.38. The molecule has 0 saturated carbocycles. The Morgan fingerprint density at radius 2 is 1.29 bits per heavy atom. The lowest BCUT2D eigenvalue weighted by atomic mass is 10.00. The van der Waals surface area contributed by atoms with E-state index in [1.807, 2.05) is 12.3 Å². The maximum Gasteiger partial charge on any atom is 0.345 e. The number of carbonyl (C=O) groups excluding carboxylic acids is 13. The average molecular weight is 1590 g/mol. The third-order valence-corrected chi connectivity index (χ3v) is 19.7. The monoisotopic (exact) mass is 1590 g/mol. The summed E-state index contributed by atoms with van der Waals surface area (Å²) < 4.78 is 1.17. The molecule has 13 amide bonds.